The van der Waals surface area contributed by atoms with Crippen molar-refractivity contribution in [2.45, 2.75) is 12.3 Å². The van der Waals surface area contributed by atoms with E-state index in [1.807, 2.05) is 30.5 Å². The van der Waals surface area contributed by atoms with Crippen LogP contribution in [0.5, 0.6) is 5.75 Å². The van der Waals surface area contributed by atoms with Crippen LogP contribution in [-0.2, 0) is 6.42 Å². The van der Waals surface area contributed by atoms with E-state index in [0.29, 0.717) is 0 Å². The lowest BCUT2D eigenvalue weighted by Gasteiger charge is -2.16. The molecule has 124 valence electrons. The van der Waals surface area contributed by atoms with Crippen molar-refractivity contribution in [1.82, 2.24) is 9.97 Å². The van der Waals surface area contributed by atoms with Crippen LogP contribution in [0.3, 0.4) is 0 Å². The number of imidazole rings is 1. The van der Waals surface area contributed by atoms with Crippen molar-refractivity contribution < 1.29 is 5.11 Å². The highest BCUT2D eigenvalue weighted by Gasteiger charge is 2.19. The predicted molar refractivity (Wildman–Crippen MR) is 102 cm³/mol. The van der Waals surface area contributed by atoms with E-state index in [9.17, 15) is 5.11 Å². The first-order chi connectivity index (χ1) is 12.3. The van der Waals surface area contributed by atoms with E-state index in [4.69, 9.17) is 0 Å². The minimum absolute atomic E-state index is 0.108. The maximum absolute atomic E-state index is 9.61. The van der Waals surface area contributed by atoms with Gasteiger partial charge < -0.3 is 10.1 Å². The van der Waals surface area contributed by atoms with Crippen LogP contribution in [-0.4, -0.2) is 15.1 Å². The largest absolute Gasteiger partial charge is 0.508 e. The molecule has 3 nitrogen and oxygen atoms in total. The maximum Gasteiger partial charge on any atom is 0.115 e. The number of hydrogen-bond donors (Lipinski definition) is 2. The SMILES string of the molecule is Oc1ccc(C(Cc2ccccc2)c2ncc(-c3cccs3)[nH]2)cc1. The minimum atomic E-state index is 0.108. The van der Waals surface area contributed by atoms with E-state index in [1.165, 1.54) is 10.4 Å². The van der Waals surface area contributed by atoms with E-state index in [1.54, 1.807) is 23.5 Å². The van der Waals surface area contributed by atoms with E-state index in [-0.39, 0.29) is 11.7 Å². The average Bonchev–Trinajstić information content (AvgIpc) is 3.33. The molecule has 1 unspecified atom stereocenters. The van der Waals surface area contributed by atoms with Crippen LogP contribution >= 0.6 is 11.3 Å². The molecule has 4 aromatic rings. The summed E-state index contributed by atoms with van der Waals surface area (Å²) in [7, 11) is 0. The Hall–Kier alpha value is -2.85. The van der Waals surface area contributed by atoms with Gasteiger partial charge in [-0.1, -0.05) is 48.5 Å². The zero-order chi connectivity index (χ0) is 17.1. The van der Waals surface area contributed by atoms with Gasteiger partial charge in [-0.3, -0.25) is 0 Å². The third kappa shape index (κ3) is 3.49. The van der Waals surface area contributed by atoms with Crippen LogP contribution in [0.25, 0.3) is 10.6 Å². The van der Waals surface area contributed by atoms with E-state index in [2.05, 4.69) is 45.7 Å². The second kappa shape index (κ2) is 6.95. The van der Waals surface area contributed by atoms with Crippen molar-refractivity contribution in [2.24, 2.45) is 0 Å². The summed E-state index contributed by atoms with van der Waals surface area (Å²) >= 11 is 1.70. The van der Waals surface area contributed by atoms with E-state index in [0.717, 1.165) is 23.5 Å². The fourth-order valence-electron chi connectivity index (χ4n) is 3.00. The Morgan fingerprint density at radius 3 is 2.48 bits per heavy atom. The molecule has 0 amide bonds. The number of thiophene rings is 1. The molecule has 0 aliphatic heterocycles. The number of nitrogens with one attached hydrogen (secondary N) is 1. The van der Waals surface area contributed by atoms with Gasteiger partial charge in [0.15, 0.2) is 0 Å². The van der Waals surface area contributed by atoms with Crippen molar-refractivity contribution in [3.05, 3.63) is 95.3 Å². The van der Waals surface area contributed by atoms with Crippen LogP contribution < -0.4 is 0 Å². The Balaban J connectivity index is 1.71. The fourth-order valence-corrected chi connectivity index (χ4v) is 3.69. The van der Waals surface area contributed by atoms with E-state index >= 15 is 0 Å². The molecule has 4 heteroatoms. The number of aromatic nitrogens is 2. The molecule has 1 atom stereocenters. The highest BCUT2D eigenvalue weighted by atomic mass is 32.1. The standard InChI is InChI=1S/C21H18N2OS/c24-17-10-8-16(9-11-17)18(13-15-5-2-1-3-6-15)21-22-14-19(23-21)20-7-4-12-25-20/h1-12,14,18,24H,13H2,(H,22,23). The molecule has 0 radical (unpaired) electrons. The quantitative estimate of drug-likeness (QED) is 0.520. The second-order valence-corrected chi connectivity index (χ2v) is 6.94. The number of nitrogens with zero attached hydrogens (tertiary/aromatic N) is 1. The number of benzene rings is 2. The van der Waals surface area contributed by atoms with Crippen LogP contribution in [0.1, 0.15) is 22.9 Å². The first-order valence-electron chi connectivity index (χ1n) is 8.21. The number of H-pyrrole nitrogens is 1. The van der Waals surface area contributed by atoms with Crippen molar-refractivity contribution in [3.63, 3.8) is 0 Å². The molecular formula is C21H18N2OS. The summed E-state index contributed by atoms with van der Waals surface area (Å²) in [5.41, 5.74) is 3.44. The monoisotopic (exact) mass is 346 g/mol. The zero-order valence-corrected chi connectivity index (χ0v) is 14.4. The molecule has 0 aliphatic carbocycles. The van der Waals surface area contributed by atoms with Crippen LogP contribution in [0.2, 0.25) is 0 Å². The molecular weight excluding hydrogens is 328 g/mol. The zero-order valence-electron chi connectivity index (χ0n) is 13.6. The summed E-state index contributed by atoms with van der Waals surface area (Å²) in [5, 5.41) is 11.7. The highest BCUT2D eigenvalue weighted by Crippen LogP contribution is 2.30. The molecule has 0 saturated carbocycles. The number of rotatable bonds is 5. The first-order valence-corrected chi connectivity index (χ1v) is 9.09. The number of aromatic amines is 1. The Kier molecular flexibility index (Phi) is 4.36. The van der Waals surface area contributed by atoms with Crippen molar-refractivity contribution >= 4 is 11.3 Å². The van der Waals surface area contributed by atoms with Gasteiger partial charge in [-0.25, -0.2) is 4.98 Å². The number of aromatic hydroxyl groups is 1. The summed E-state index contributed by atoms with van der Waals surface area (Å²) in [4.78, 5) is 9.33. The van der Waals surface area contributed by atoms with Gasteiger partial charge in [0.2, 0.25) is 0 Å². The summed E-state index contributed by atoms with van der Waals surface area (Å²) in [5.74, 6) is 1.33. The molecule has 2 aromatic carbocycles. The van der Waals surface area contributed by atoms with E-state index < -0.39 is 0 Å². The number of hydrogen-bond acceptors (Lipinski definition) is 3. The maximum atomic E-state index is 9.61. The van der Waals surface area contributed by atoms with Crippen LogP contribution in [0, 0.1) is 0 Å². The average molecular weight is 346 g/mol. The smallest absolute Gasteiger partial charge is 0.115 e. The topological polar surface area (TPSA) is 48.9 Å². The Morgan fingerprint density at radius 1 is 0.960 bits per heavy atom. The molecule has 2 aromatic heterocycles. The van der Waals surface area contributed by atoms with Crippen molar-refractivity contribution in [2.75, 3.05) is 0 Å². The van der Waals surface area contributed by atoms with Gasteiger partial charge in [-0.2, -0.15) is 0 Å². The summed E-state index contributed by atoms with van der Waals surface area (Å²) in [6.45, 7) is 0. The Labute approximate surface area is 150 Å². The molecule has 0 fully saturated rings. The molecule has 0 aliphatic rings. The first kappa shape index (κ1) is 15.7. The molecule has 4 rings (SSSR count). The van der Waals surface area contributed by atoms with Crippen LogP contribution in [0.15, 0.2) is 78.3 Å². The number of phenols is 1. The predicted octanol–water partition coefficient (Wildman–Crippen LogP) is 5.22. The van der Waals surface area contributed by atoms with Gasteiger partial charge in [-0.05, 0) is 41.1 Å². The summed E-state index contributed by atoms with van der Waals surface area (Å²) in [6, 6.07) is 22.0. The molecule has 0 bridgehead atoms. The Morgan fingerprint density at radius 2 is 1.76 bits per heavy atom. The minimum Gasteiger partial charge on any atom is -0.508 e. The van der Waals surface area contributed by atoms with Gasteiger partial charge in [0.1, 0.15) is 11.6 Å². The summed E-state index contributed by atoms with van der Waals surface area (Å²) in [6.07, 6.45) is 2.75. The number of phenolic OH excluding ortho intramolecular Hbond substituents is 1. The van der Waals surface area contributed by atoms with Gasteiger partial charge in [-0.15, -0.1) is 11.3 Å². The molecule has 0 saturated heterocycles. The third-order valence-corrected chi connectivity index (χ3v) is 5.19. The lowest BCUT2D eigenvalue weighted by molar-refractivity contribution is 0.475. The second-order valence-electron chi connectivity index (χ2n) is 5.99. The van der Waals surface area contributed by atoms with Gasteiger partial charge in [0.25, 0.3) is 0 Å². The Bertz CT molecular complexity index is 928. The van der Waals surface area contributed by atoms with Gasteiger partial charge in [0.05, 0.1) is 16.8 Å². The fraction of sp³-hybridized carbons (Fsp3) is 0.0952. The van der Waals surface area contributed by atoms with Gasteiger partial charge in [0, 0.05) is 5.92 Å². The van der Waals surface area contributed by atoms with Crippen molar-refractivity contribution in [3.8, 4) is 16.3 Å². The molecule has 0 spiro atoms. The lowest BCUT2D eigenvalue weighted by Crippen LogP contribution is -2.07. The van der Waals surface area contributed by atoms with Crippen LogP contribution in [0.4, 0.5) is 0 Å². The lowest BCUT2D eigenvalue weighted by atomic mass is 9.91. The highest BCUT2D eigenvalue weighted by molar-refractivity contribution is 7.13. The summed E-state index contributed by atoms with van der Waals surface area (Å²) < 4.78 is 0. The molecule has 2 N–H and O–H groups in total. The van der Waals surface area contributed by atoms with Crippen molar-refractivity contribution in [1.29, 1.82) is 0 Å². The molecule has 25 heavy (non-hydrogen) atoms. The van der Waals surface area contributed by atoms with Gasteiger partial charge >= 0.3 is 0 Å². The third-order valence-electron chi connectivity index (χ3n) is 4.29. The normalized spacial score (nSPS) is 12.2. The molecule has 2 heterocycles.